The SMILES string of the molecule is CC(C)(C[C@H]1CN2C(=O)CC(N3CCC(O)CC3)C[C@H]2[C@@H]1c1ccc(F)cc1)c1cc(C(F)(F)F)cc(C(F)(F)F)c1. The second kappa shape index (κ2) is 11.1. The predicted molar refractivity (Wildman–Crippen MR) is 142 cm³/mol. The summed E-state index contributed by atoms with van der Waals surface area (Å²) in [5, 5.41) is 9.94. The highest BCUT2D eigenvalue weighted by atomic mass is 19.4. The third kappa shape index (κ3) is 6.32. The van der Waals surface area contributed by atoms with Gasteiger partial charge in [-0.2, -0.15) is 26.3 Å². The second-order valence-corrected chi connectivity index (χ2v) is 12.7. The van der Waals surface area contributed by atoms with Gasteiger partial charge >= 0.3 is 12.4 Å². The molecule has 2 aromatic rings. The quantitative estimate of drug-likeness (QED) is 0.386. The molecular formula is C31H35F7N2O2. The maximum atomic E-state index is 13.9. The van der Waals surface area contributed by atoms with Crippen LogP contribution in [0.25, 0.3) is 0 Å². The zero-order valence-corrected chi connectivity index (χ0v) is 23.5. The lowest BCUT2D eigenvalue weighted by Gasteiger charge is -2.43. The smallest absolute Gasteiger partial charge is 0.393 e. The lowest BCUT2D eigenvalue weighted by atomic mass is 9.70. The Morgan fingerprint density at radius 1 is 0.881 bits per heavy atom. The first-order valence-electron chi connectivity index (χ1n) is 14.3. The normalized spacial score (nSPS) is 26.5. The molecule has 0 spiro atoms. The van der Waals surface area contributed by atoms with Crippen LogP contribution in [-0.4, -0.2) is 58.6 Å². The molecule has 1 unspecified atom stereocenters. The van der Waals surface area contributed by atoms with Gasteiger partial charge in [-0.3, -0.25) is 9.69 Å². The van der Waals surface area contributed by atoms with E-state index < -0.39 is 34.7 Å². The van der Waals surface area contributed by atoms with Gasteiger partial charge in [0.05, 0.1) is 17.2 Å². The number of aliphatic hydroxyl groups excluding tert-OH is 1. The second-order valence-electron chi connectivity index (χ2n) is 12.7. The van der Waals surface area contributed by atoms with Gasteiger partial charge in [-0.15, -0.1) is 0 Å². The van der Waals surface area contributed by atoms with Crippen molar-refractivity contribution in [3.05, 3.63) is 70.5 Å². The van der Waals surface area contributed by atoms with Crippen LogP contribution in [0.5, 0.6) is 0 Å². The van der Waals surface area contributed by atoms with E-state index in [2.05, 4.69) is 4.90 Å². The van der Waals surface area contributed by atoms with Gasteiger partial charge in [0.15, 0.2) is 0 Å². The van der Waals surface area contributed by atoms with Gasteiger partial charge in [0.2, 0.25) is 5.91 Å². The molecule has 4 atom stereocenters. The summed E-state index contributed by atoms with van der Waals surface area (Å²) < 4.78 is 95.7. The highest BCUT2D eigenvalue weighted by Crippen LogP contribution is 2.49. The van der Waals surface area contributed by atoms with Gasteiger partial charge in [-0.05, 0) is 78.5 Å². The molecule has 3 saturated heterocycles. The number of rotatable bonds is 5. The molecule has 1 N–H and O–H groups in total. The largest absolute Gasteiger partial charge is 0.416 e. The molecule has 0 aromatic heterocycles. The van der Waals surface area contributed by atoms with E-state index in [9.17, 15) is 40.6 Å². The van der Waals surface area contributed by atoms with E-state index in [1.165, 1.54) is 12.1 Å². The van der Waals surface area contributed by atoms with Crippen molar-refractivity contribution in [3.63, 3.8) is 0 Å². The average Bonchev–Trinajstić information content (AvgIpc) is 3.26. The Labute approximate surface area is 240 Å². The standard InChI is InChI=1S/C31H35F7N2O2/c1-29(2,20-11-21(30(33,34)35)13-22(12-20)31(36,37)38)16-19-17-40-26(28(19)18-3-5-23(32)6-4-18)14-24(15-27(40)42)39-9-7-25(41)8-10-39/h3-6,11-13,19,24-26,28,41H,7-10,14-17H2,1-2H3/t19-,24?,26-,28+/m0/s1. The van der Waals surface area contributed by atoms with Crippen LogP contribution in [0.3, 0.4) is 0 Å². The molecule has 3 fully saturated rings. The fourth-order valence-electron chi connectivity index (χ4n) is 7.27. The molecule has 4 nitrogen and oxygen atoms in total. The molecule has 0 radical (unpaired) electrons. The molecular weight excluding hydrogens is 565 g/mol. The van der Waals surface area contributed by atoms with E-state index in [-0.39, 0.29) is 54.0 Å². The van der Waals surface area contributed by atoms with E-state index in [0.29, 0.717) is 45.3 Å². The number of alkyl halides is 6. The Hall–Kier alpha value is -2.66. The summed E-state index contributed by atoms with van der Waals surface area (Å²) in [7, 11) is 0. The molecule has 1 amide bonds. The van der Waals surface area contributed by atoms with Crippen molar-refractivity contribution in [3.8, 4) is 0 Å². The topological polar surface area (TPSA) is 43.8 Å². The highest BCUT2D eigenvalue weighted by molar-refractivity contribution is 5.79. The molecule has 0 saturated carbocycles. The first kappa shape index (κ1) is 30.8. The summed E-state index contributed by atoms with van der Waals surface area (Å²) in [6.45, 7) is 4.91. The summed E-state index contributed by atoms with van der Waals surface area (Å²) in [4.78, 5) is 17.5. The maximum absolute atomic E-state index is 13.9. The number of hydrogen-bond donors (Lipinski definition) is 1. The van der Waals surface area contributed by atoms with Crippen molar-refractivity contribution in [1.82, 2.24) is 9.80 Å². The monoisotopic (exact) mass is 600 g/mol. The fourth-order valence-corrected chi connectivity index (χ4v) is 7.27. The third-order valence-electron chi connectivity index (χ3n) is 9.41. The van der Waals surface area contributed by atoms with Gasteiger partial charge in [0.1, 0.15) is 5.82 Å². The molecule has 3 aliphatic heterocycles. The van der Waals surface area contributed by atoms with Crippen LogP contribution in [0.4, 0.5) is 30.7 Å². The molecule has 0 bridgehead atoms. The Kier molecular flexibility index (Phi) is 8.15. The number of carbonyl (C=O) groups is 1. The van der Waals surface area contributed by atoms with Crippen molar-refractivity contribution in [2.24, 2.45) is 5.92 Å². The number of amides is 1. The molecule has 3 heterocycles. The lowest BCUT2D eigenvalue weighted by molar-refractivity contribution is -0.143. The number of piperidine rings is 2. The van der Waals surface area contributed by atoms with Crippen molar-refractivity contribution in [2.45, 2.75) is 87.8 Å². The first-order valence-corrected chi connectivity index (χ1v) is 14.3. The summed E-state index contributed by atoms with van der Waals surface area (Å²) >= 11 is 0. The van der Waals surface area contributed by atoms with Gasteiger partial charge in [-0.1, -0.05) is 26.0 Å². The van der Waals surface area contributed by atoms with Crippen LogP contribution in [0.2, 0.25) is 0 Å². The van der Waals surface area contributed by atoms with E-state index in [0.717, 1.165) is 17.7 Å². The number of halogens is 7. The number of aliphatic hydroxyl groups is 1. The molecule has 42 heavy (non-hydrogen) atoms. The first-order chi connectivity index (χ1) is 19.5. The van der Waals surface area contributed by atoms with Crippen LogP contribution in [0, 0.1) is 11.7 Å². The summed E-state index contributed by atoms with van der Waals surface area (Å²) in [6.07, 6.45) is -7.87. The fraction of sp³-hybridized carbons (Fsp3) is 0.581. The minimum atomic E-state index is -4.96. The van der Waals surface area contributed by atoms with Crippen molar-refractivity contribution in [2.75, 3.05) is 19.6 Å². The number of fused-ring (bicyclic) bond motifs is 1. The number of likely N-dealkylation sites (tertiary alicyclic amines) is 1. The van der Waals surface area contributed by atoms with Crippen molar-refractivity contribution >= 4 is 5.91 Å². The number of nitrogens with zero attached hydrogens (tertiary/aromatic N) is 2. The van der Waals surface area contributed by atoms with E-state index in [1.54, 1.807) is 30.9 Å². The molecule has 3 aliphatic rings. The number of benzene rings is 2. The predicted octanol–water partition coefficient (Wildman–Crippen LogP) is 6.76. The van der Waals surface area contributed by atoms with E-state index in [1.807, 2.05) is 0 Å². The molecule has 2 aromatic carbocycles. The average molecular weight is 601 g/mol. The van der Waals surface area contributed by atoms with E-state index >= 15 is 0 Å². The summed E-state index contributed by atoms with van der Waals surface area (Å²) in [6, 6.07) is 7.39. The van der Waals surface area contributed by atoms with Gasteiger partial charge < -0.3 is 10.0 Å². The number of hydrogen-bond acceptors (Lipinski definition) is 3. The summed E-state index contributed by atoms with van der Waals surface area (Å²) in [5.41, 5.74) is -3.12. The van der Waals surface area contributed by atoms with Gasteiger partial charge in [0, 0.05) is 44.1 Å². The van der Waals surface area contributed by atoms with Crippen LogP contribution < -0.4 is 0 Å². The minimum Gasteiger partial charge on any atom is -0.393 e. The maximum Gasteiger partial charge on any atom is 0.416 e. The molecule has 5 rings (SSSR count). The van der Waals surface area contributed by atoms with Gasteiger partial charge in [-0.25, -0.2) is 4.39 Å². The Balaban J connectivity index is 1.48. The van der Waals surface area contributed by atoms with Crippen LogP contribution in [0.1, 0.15) is 74.1 Å². The third-order valence-corrected chi connectivity index (χ3v) is 9.41. The van der Waals surface area contributed by atoms with Gasteiger partial charge in [0.25, 0.3) is 0 Å². The molecule has 0 aliphatic carbocycles. The lowest BCUT2D eigenvalue weighted by Crippen LogP contribution is -2.53. The van der Waals surface area contributed by atoms with Crippen molar-refractivity contribution in [1.29, 1.82) is 0 Å². The molecule has 11 heteroatoms. The Morgan fingerprint density at radius 2 is 1.43 bits per heavy atom. The van der Waals surface area contributed by atoms with E-state index in [4.69, 9.17) is 0 Å². The zero-order valence-electron chi connectivity index (χ0n) is 23.5. The summed E-state index contributed by atoms with van der Waals surface area (Å²) in [5.74, 6) is -1.04. The minimum absolute atomic E-state index is 0.0428. The Bertz CT molecular complexity index is 1250. The number of carbonyl (C=O) groups excluding carboxylic acids is 1. The zero-order chi connectivity index (χ0) is 30.6. The van der Waals surface area contributed by atoms with Crippen LogP contribution in [0.15, 0.2) is 42.5 Å². The molecule has 230 valence electrons. The van der Waals surface area contributed by atoms with Crippen LogP contribution in [-0.2, 0) is 22.6 Å². The van der Waals surface area contributed by atoms with Crippen LogP contribution >= 0.6 is 0 Å². The van der Waals surface area contributed by atoms with Crippen molar-refractivity contribution < 1.29 is 40.6 Å². The Morgan fingerprint density at radius 3 is 1.98 bits per heavy atom. The highest BCUT2D eigenvalue weighted by Gasteiger charge is 2.50.